The van der Waals surface area contributed by atoms with Crippen LogP contribution in [-0.2, 0) is 43.1 Å². The first-order valence-corrected chi connectivity index (χ1v) is 24.6. The maximum absolute atomic E-state index is 15.5. The lowest BCUT2D eigenvalue weighted by Gasteiger charge is -2.68. The molecule has 4 aromatic rings. The van der Waals surface area contributed by atoms with Crippen LogP contribution in [-0.4, -0.2) is 101 Å². The number of fused-ring (bicyclic) bond motifs is 5. The molecule has 4 aromatic carbocycles. The summed E-state index contributed by atoms with van der Waals surface area (Å²) in [4.78, 5) is 69.1. The number of benzene rings is 4. The van der Waals surface area contributed by atoms with E-state index in [1.54, 1.807) is 100 Å². The zero-order chi connectivity index (χ0) is 51.5. The van der Waals surface area contributed by atoms with Crippen LogP contribution >= 0.6 is 11.9 Å². The monoisotopic (exact) mass is 1010 g/mol. The van der Waals surface area contributed by atoms with Crippen LogP contribution in [0.15, 0.2) is 119 Å². The number of Topliss-reactive ketones (excluding diaryl/α,β-unsaturated/α-hetero) is 1. The summed E-state index contributed by atoms with van der Waals surface area (Å²) in [6.45, 7) is 9.57. The molecule has 72 heavy (non-hydrogen) atoms. The fourth-order valence-corrected chi connectivity index (χ4v) is 13.2. The SMILES string of the molecule is COc1ccc(C2OC(C(=O)O[C@H]3C[C@@]4(O)[C@@H](OC(=O)c5ccccc5)[C@@H]5[C@]6(OC(C)=O)CO[C@@H]6C[C@H](C)[C@@]5(C)C(=O)[C@H](O)C(=C3C)C4(C)C)[C@H](c3ccccc3)N2Sc2ccccc2OON)c(OC)c1. The van der Waals surface area contributed by atoms with Crippen molar-refractivity contribution in [2.45, 2.75) is 113 Å². The maximum atomic E-state index is 15.5. The fourth-order valence-electron chi connectivity index (χ4n) is 12.1. The number of nitrogens with two attached hydrogens (primary N) is 1. The van der Waals surface area contributed by atoms with Crippen LogP contribution in [0.25, 0.3) is 0 Å². The van der Waals surface area contributed by atoms with E-state index in [0.717, 1.165) is 0 Å². The van der Waals surface area contributed by atoms with Gasteiger partial charge in [0.05, 0.1) is 43.2 Å². The van der Waals surface area contributed by atoms with Crippen molar-refractivity contribution in [2.24, 2.45) is 28.6 Å². The molecule has 4 N–H and O–H groups in total. The number of rotatable bonds is 13. The van der Waals surface area contributed by atoms with Gasteiger partial charge in [0.15, 0.2) is 29.5 Å². The van der Waals surface area contributed by atoms with Crippen LogP contribution < -0.4 is 20.3 Å². The molecular weight excluding hydrogens is 949 g/mol. The minimum atomic E-state index is -2.24. The van der Waals surface area contributed by atoms with E-state index in [9.17, 15) is 19.8 Å². The van der Waals surface area contributed by atoms with Gasteiger partial charge < -0.3 is 48.3 Å². The Labute approximate surface area is 421 Å². The van der Waals surface area contributed by atoms with Gasteiger partial charge in [-0.05, 0) is 84.3 Å². The maximum Gasteiger partial charge on any atom is 0.338 e. The van der Waals surface area contributed by atoms with Gasteiger partial charge in [0.1, 0.15) is 41.5 Å². The van der Waals surface area contributed by atoms with E-state index in [0.29, 0.717) is 33.1 Å². The van der Waals surface area contributed by atoms with Gasteiger partial charge in [0.25, 0.3) is 0 Å². The molecule has 2 aliphatic heterocycles. The Hall–Kier alpha value is -5.83. The van der Waals surface area contributed by atoms with Crippen LogP contribution in [0.3, 0.4) is 0 Å². The predicted octanol–water partition coefficient (Wildman–Crippen LogP) is 6.96. The molecule has 2 saturated heterocycles. The summed E-state index contributed by atoms with van der Waals surface area (Å²) in [6.07, 6.45) is -8.11. The number of hydrogen-bond donors (Lipinski definition) is 3. The molecule has 9 rings (SSSR count). The number of aliphatic hydroxyl groups is 2. The minimum Gasteiger partial charge on any atom is -0.497 e. The van der Waals surface area contributed by atoms with Crippen molar-refractivity contribution in [3.8, 4) is 17.2 Å². The highest BCUT2D eigenvalue weighted by Crippen LogP contribution is 2.65. The molecule has 12 atom stereocenters. The quantitative estimate of drug-likeness (QED) is 0.0308. The average molecular weight is 1010 g/mol. The number of methoxy groups -OCH3 is 2. The Bertz CT molecular complexity index is 2760. The summed E-state index contributed by atoms with van der Waals surface area (Å²) in [5, 5.41) is 26.6. The van der Waals surface area contributed by atoms with Gasteiger partial charge in [0, 0.05) is 35.8 Å². The first-order chi connectivity index (χ1) is 34.4. The van der Waals surface area contributed by atoms with Crippen LogP contribution in [0.4, 0.5) is 0 Å². The van der Waals surface area contributed by atoms with Crippen LogP contribution in [0.5, 0.6) is 17.2 Å². The molecule has 0 radical (unpaired) electrons. The Morgan fingerprint density at radius 1 is 0.889 bits per heavy atom. The van der Waals surface area contributed by atoms with Crippen molar-refractivity contribution < 1.29 is 72.4 Å². The third-order valence-electron chi connectivity index (χ3n) is 16.0. The lowest BCUT2D eigenvalue weighted by molar-refractivity contribution is -0.340. The van der Waals surface area contributed by atoms with Gasteiger partial charge in [-0.3, -0.25) is 9.59 Å². The number of esters is 3. The molecule has 2 saturated carbocycles. The molecule has 0 aromatic heterocycles. The molecule has 17 nitrogen and oxygen atoms in total. The molecule has 0 amide bonds. The van der Waals surface area contributed by atoms with Gasteiger partial charge in [-0.25, -0.2) is 13.9 Å². The number of carbonyl (C=O) groups is 4. The summed E-state index contributed by atoms with van der Waals surface area (Å²) in [5.41, 5.74) is -5.18. The zero-order valence-electron chi connectivity index (χ0n) is 41.3. The summed E-state index contributed by atoms with van der Waals surface area (Å²) in [5.74, 6) is 1.76. The molecule has 382 valence electrons. The first-order valence-electron chi connectivity index (χ1n) is 23.8. The predicted molar refractivity (Wildman–Crippen MR) is 259 cm³/mol. The van der Waals surface area contributed by atoms with Gasteiger partial charge in [-0.15, -0.1) is 0 Å². The highest BCUT2D eigenvalue weighted by atomic mass is 32.2. The van der Waals surface area contributed by atoms with Gasteiger partial charge in [-0.1, -0.05) is 93.3 Å². The molecule has 2 unspecified atom stereocenters. The largest absolute Gasteiger partial charge is 0.497 e. The number of ketones is 1. The highest BCUT2D eigenvalue weighted by Gasteiger charge is 2.77. The number of para-hydroxylation sites is 1. The fraction of sp³-hybridized carbons (Fsp3) is 0.444. The second-order valence-corrected chi connectivity index (χ2v) is 21.0. The second kappa shape index (κ2) is 19.5. The van der Waals surface area contributed by atoms with Crippen molar-refractivity contribution in [3.63, 3.8) is 0 Å². The number of ether oxygens (including phenoxy) is 7. The van der Waals surface area contributed by atoms with Crippen molar-refractivity contribution in [1.82, 2.24) is 4.31 Å². The Morgan fingerprint density at radius 2 is 1.57 bits per heavy atom. The number of aliphatic hydroxyl groups excluding tert-OH is 1. The molecular formula is C54H60N2O15S. The molecule has 18 heteroatoms. The van der Waals surface area contributed by atoms with E-state index in [-0.39, 0.29) is 29.9 Å². The topological polar surface area (TPSA) is 221 Å². The van der Waals surface area contributed by atoms with Crippen molar-refractivity contribution in [1.29, 1.82) is 0 Å². The first kappa shape index (κ1) is 51.1. The normalized spacial score (nSPS) is 32.7. The van der Waals surface area contributed by atoms with Crippen LogP contribution in [0, 0.1) is 22.7 Å². The lowest BCUT2D eigenvalue weighted by atomic mass is 9.43. The second-order valence-electron chi connectivity index (χ2n) is 19.9. The molecule has 0 spiro atoms. The molecule has 4 fully saturated rings. The number of nitrogens with zero attached hydrogens (tertiary/aromatic N) is 1. The Kier molecular flexibility index (Phi) is 13.9. The smallest absolute Gasteiger partial charge is 0.338 e. The molecule has 3 aliphatic carbocycles. The van der Waals surface area contributed by atoms with Crippen molar-refractivity contribution in [3.05, 3.63) is 131 Å². The Balaban J connectivity index is 1.18. The standard InChI is InChI=1S/C54H60N2O15S/c1-29-25-40-53(28-65-40,69-31(3)57)45-47(68-49(60)33-19-13-10-14-20-33)54(62)27-38(30(2)41(51(54,4)5)43(58)46(59)52(29,45)6)66-50(61)44-42(32-17-11-9-12-18-32)56(72-39-22-16-15-21-36(39)70-71-55)48(67-44)35-24-23-34(63-7)26-37(35)64-8/h9-24,26,29,38,40,42-45,47-48,58,62H,25,27-28,55H2,1-8H3/t29-,38-,40+,42-,43+,44?,45-,47-,48?,52+,53-,54+/m0/s1. The average Bonchev–Trinajstić information content (AvgIpc) is 3.74. The summed E-state index contributed by atoms with van der Waals surface area (Å²) < 4.78 is 45.7. The summed E-state index contributed by atoms with van der Waals surface area (Å²) in [7, 11) is 3.04. The third-order valence-corrected chi connectivity index (χ3v) is 17.1. The van der Waals surface area contributed by atoms with Gasteiger partial charge in [0.2, 0.25) is 0 Å². The van der Waals surface area contributed by atoms with Crippen molar-refractivity contribution >= 4 is 35.6 Å². The summed E-state index contributed by atoms with van der Waals surface area (Å²) >= 11 is 1.20. The van der Waals surface area contributed by atoms with E-state index in [4.69, 9.17) is 43.9 Å². The van der Waals surface area contributed by atoms with E-state index >= 15 is 9.59 Å². The number of carbonyl (C=O) groups excluding carboxylic acids is 4. The zero-order valence-corrected chi connectivity index (χ0v) is 42.1. The van der Waals surface area contributed by atoms with Crippen LogP contribution in [0.2, 0.25) is 0 Å². The molecule has 5 aliphatic rings. The van der Waals surface area contributed by atoms with Crippen LogP contribution in [0.1, 0.15) is 88.1 Å². The van der Waals surface area contributed by atoms with E-state index in [1.807, 2.05) is 41.6 Å². The van der Waals surface area contributed by atoms with Crippen molar-refractivity contribution in [2.75, 3.05) is 20.8 Å². The highest BCUT2D eigenvalue weighted by molar-refractivity contribution is 7.97. The third kappa shape index (κ3) is 8.25. The van der Waals surface area contributed by atoms with E-state index in [2.05, 4.69) is 4.99 Å². The molecule has 2 heterocycles. The van der Waals surface area contributed by atoms with Gasteiger partial charge >= 0.3 is 17.9 Å². The Morgan fingerprint density at radius 3 is 2.21 bits per heavy atom. The summed E-state index contributed by atoms with van der Waals surface area (Å²) in [6, 6.07) is 28.7. The van der Waals surface area contributed by atoms with E-state index in [1.165, 1.54) is 33.1 Å². The lowest BCUT2D eigenvalue weighted by Crippen LogP contribution is -2.80. The molecule has 2 bridgehead atoms. The number of hydrogen-bond acceptors (Lipinski definition) is 18. The van der Waals surface area contributed by atoms with E-state index < -0.39 is 107 Å². The van der Waals surface area contributed by atoms with Gasteiger partial charge in [-0.2, -0.15) is 5.90 Å². The minimum absolute atomic E-state index is 0.101.